The largest absolute Gasteiger partial charge is 0.371 e. The minimum Gasteiger partial charge on any atom is -0.371 e. The van der Waals surface area contributed by atoms with Crippen LogP contribution in [-0.4, -0.2) is 13.1 Å². The number of anilines is 1. The summed E-state index contributed by atoms with van der Waals surface area (Å²) in [5.74, 6) is 0. The summed E-state index contributed by atoms with van der Waals surface area (Å²) in [7, 11) is 0. The van der Waals surface area contributed by atoms with E-state index in [1.54, 1.807) is 0 Å². The van der Waals surface area contributed by atoms with Gasteiger partial charge in [-0.3, -0.25) is 0 Å². The maximum absolute atomic E-state index is 5.94. The molecule has 0 radical (unpaired) electrons. The molecule has 18 heavy (non-hydrogen) atoms. The van der Waals surface area contributed by atoms with E-state index in [1.807, 2.05) is 0 Å². The minimum atomic E-state index is 0.147. The highest BCUT2D eigenvalue weighted by molar-refractivity contribution is 5.59. The van der Waals surface area contributed by atoms with E-state index in [-0.39, 0.29) is 6.04 Å². The maximum Gasteiger partial charge on any atom is 0.0399 e. The first kappa shape index (κ1) is 13.4. The topological polar surface area (TPSA) is 29.3 Å². The molecule has 1 aromatic carbocycles. The fraction of sp³-hybridized carbons (Fsp3) is 0.625. The standard InChI is InChI=1S/C16H26N2/c1-3-4-5-6-10-18-11-9-15-12-14(13(2)17)7-8-16(15)18/h7-8,12-13H,3-6,9-11,17H2,1-2H3. The first-order valence-electron chi connectivity index (χ1n) is 7.35. The van der Waals surface area contributed by atoms with Gasteiger partial charge in [0.2, 0.25) is 0 Å². The summed E-state index contributed by atoms with van der Waals surface area (Å²) in [6, 6.07) is 6.90. The van der Waals surface area contributed by atoms with Crippen molar-refractivity contribution in [2.45, 2.75) is 52.0 Å². The molecule has 2 N–H and O–H groups in total. The smallest absolute Gasteiger partial charge is 0.0399 e. The van der Waals surface area contributed by atoms with Crippen LogP contribution in [0.1, 0.15) is 56.7 Å². The second-order valence-electron chi connectivity index (χ2n) is 5.47. The quantitative estimate of drug-likeness (QED) is 0.776. The first-order valence-corrected chi connectivity index (χ1v) is 7.35. The predicted octanol–water partition coefficient (Wildman–Crippen LogP) is 3.65. The second-order valence-corrected chi connectivity index (χ2v) is 5.47. The lowest BCUT2D eigenvalue weighted by Crippen LogP contribution is -2.21. The Kier molecular flexibility index (Phi) is 4.65. The Morgan fingerprint density at radius 3 is 2.83 bits per heavy atom. The third-order valence-corrected chi connectivity index (χ3v) is 3.90. The van der Waals surface area contributed by atoms with Crippen LogP contribution in [-0.2, 0) is 6.42 Å². The van der Waals surface area contributed by atoms with E-state index in [4.69, 9.17) is 5.73 Å². The maximum atomic E-state index is 5.94. The van der Waals surface area contributed by atoms with Crippen molar-refractivity contribution in [3.8, 4) is 0 Å². The molecule has 0 aliphatic carbocycles. The van der Waals surface area contributed by atoms with E-state index in [0.717, 1.165) is 0 Å². The normalized spacial score (nSPS) is 15.8. The Bertz CT molecular complexity index is 385. The third-order valence-electron chi connectivity index (χ3n) is 3.90. The Balaban J connectivity index is 1.96. The molecule has 0 saturated carbocycles. The van der Waals surface area contributed by atoms with Gasteiger partial charge < -0.3 is 10.6 Å². The highest BCUT2D eigenvalue weighted by Crippen LogP contribution is 2.30. The van der Waals surface area contributed by atoms with Crippen LogP contribution in [0.5, 0.6) is 0 Å². The van der Waals surface area contributed by atoms with Crippen molar-refractivity contribution in [2.24, 2.45) is 5.73 Å². The van der Waals surface area contributed by atoms with Crippen LogP contribution in [0, 0.1) is 0 Å². The molecule has 1 heterocycles. The van der Waals surface area contributed by atoms with Gasteiger partial charge in [-0.05, 0) is 37.0 Å². The molecular weight excluding hydrogens is 220 g/mol. The molecule has 0 fully saturated rings. The molecule has 0 saturated heterocycles. The Hall–Kier alpha value is -1.02. The SMILES string of the molecule is CCCCCCN1CCc2cc(C(C)N)ccc21. The highest BCUT2D eigenvalue weighted by atomic mass is 15.1. The molecular formula is C16H26N2. The number of hydrogen-bond acceptors (Lipinski definition) is 2. The van der Waals surface area contributed by atoms with Crippen LogP contribution in [0.15, 0.2) is 18.2 Å². The summed E-state index contributed by atoms with van der Waals surface area (Å²) in [5, 5.41) is 0. The molecule has 2 nitrogen and oxygen atoms in total. The molecule has 1 unspecified atom stereocenters. The predicted molar refractivity (Wildman–Crippen MR) is 79.1 cm³/mol. The fourth-order valence-corrected chi connectivity index (χ4v) is 2.73. The zero-order valence-corrected chi connectivity index (χ0v) is 11.8. The summed E-state index contributed by atoms with van der Waals surface area (Å²) in [6.45, 7) is 6.72. The van der Waals surface area contributed by atoms with Crippen LogP contribution < -0.4 is 10.6 Å². The van der Waals surface area contributed by atoms with Crippen molar-refractivity contribution < 1.29 is 0 Å². The van der Waals surface area contributed by atoms with Gasteiger partial charge in [0.1, 0.15) is 0 Å². The highest BCUT2D eigenvalue weighted by Gasteiger charge is 2.19. The number of fused-ring (bicyclic) bond motifs is 1. The number of nitrogens with two attached hydrogens (primary N) is 1. The molecule has 2 rings (SSSR count). The van der Waals surface area contributed by atoms with Crippen molar-refractivity contribution in [1.82, 2.24) is 0 Å². The van der Waals surface area contributed by atoms with Gasteiger partial charge in [-0.1, -0.05) is 38.3 Å². The lowest BCUT2D eigenvalue weighted by molar-refractivity contribution is 0.651. The molecule has 100 valence electrons. The molecule has 0 spiro atoms. The van der Waals surface area contributed by atoms with E-state index in [9.17, 15) is 0 Å². The van der Waals surface area contributed by atoms with Gasteiger partial charge in [-0.15, -0.1) is 0 Å². The summed E-state index contributed by atoms with van der Waals surface area (Å²) >= 11 is 0. The number of benzene rings is 1. The second kappa shape index (κ2) is 6.24. The monoisotopic (exact) mass is 246 g/mol. The van der Waals surface area contributed by atoms with Crippen LogP contribution in [0.25, 0.3) is 0 Å². The number of unbranched alkanes of at least 4 members (excludes halogenated alkanes) is 3. The van der Waals surface area contributed by atoms with Crippen LogP contribution in [0.2, 0.25) is 0 Å². The molecule has 0 bridgehead atoms. The average Bonchev–Trinajstić information content (AvgIpc) is 2.77. The Labute approximate surface area is 111 Å². The van der Waals surface area contributed by atoms with Crippen molar-refractivity contribution in [3.63, 3.8) is 0 Å². The third kappa shape index (κ3) is 3.05. The van der Waals surface area contributed by atoms with E-state index >= 15 is 0 Å². The number of hydrogen-bond donors (Lipinski definition) is 1. The summed E-state index contributed by atoms with van der Waals surface area (Å²) in [6.07, 6.45) is 6.55. The lowest BCUT2D eigenvalue weighted by Gasteiger charge is -2.19. The Morgan fingerprint density at radius 2 is 2.11 bits per heavy atom. The van der Waals surface area contributed by atoms with Gasteiger partial charge in [0.15, 0.2) is 0 Å². The van der Waals surface area contributed by atoms with Gasteiger partial charge in [0.05, 0.1) is 0 Å². The first-order chi connectivity index (χ1) is 8.72. The van der Waals surface area contributed by atoms with Crippen molar-refractivity contribution in [1.29, 1.82) is 0 Å². The summed E-state index contributed by atoms with van der Waals surface area (Å²) in [4.78, 5) is 2.54. The number of nitrogens with zero attached hydrogens (tertiary/aromatic N) is 1. The van der Waals surface area contributed by atoms with E-state index in [2.05, 4.69) is 36.9 Å². The van der Waals surface area contributed by atoms with Crippen LogP contribution in [0.3, 0.4) is 0 Å². The minimum absolute atomic E-state index is 0.147. The molecule has 1 aliphatic rings. The Morgan fingerprint density at radius 1 is 1.28 bits per heavy atom. The van der Waals surface area contributed by atoms with Crippen molar-refractivity contribution >= 4 is 5.69 Å². The molecule has 2 heteroatoms. The van der Waals surface area contributed by atoms with E-state index in [1.165, 1.54) is 62.0 Å². The van der Waals surface area contributed by atoms with Gasteiger partial charge in [-0.2, -0.15) is 0 Å². The van der Waals surface area contributed by atoms with Gasteiger partial charge in [0.25, 0.3) is 0 Å². The van der Waals surface area contributed by atoms with E-state index < -0.39 is 0 Å². The zero-order chi connectivity index (χ0) is 13.0. The van der Waals surface area contributed by atoms with Gasteiger partial charge in [-0.25, -0.2) is 0 Å². The van der Waals surface area contributed by atoms with Gasteiger partial charge in [0, 0.05) is 24.8 Å². The van der Waals surface area contributed by atoms with Gasteiger partial charge >= 0.3 is 0 Å². The molecule has 1 aliphatic heterocycles. The van der Waals surface area contributed by atoms with Crippen LogP contribution in [0.4, 0.5) is 5.69 Å². The van der Waals surface area contributed by atoms with Crippen molar-refractivity contribution in [3.05, 3.63) is 29.3 Å². The summed E-state index contributed by atoms with van der Waals surface area (Å²) < 4.78 is 0. The zero-order valence-electron chi connectivity index (χ0n) is 11.8. The molecule has 1 atom stereocenters. The molecule has 1 aromatic rings. The lowest BCUT2D eigenvalue weighted by atomic mass is 10.0. The number of rotatable bonds is 6. The van der Waals surface area contributed by atoms with Crippen LogP contribution >= 0.6 is 0 Å². The fourth-order valence-electron chi connectivity index (χ4n) is 2.73. The average molecular weight is 246 g/mol. The van der Waals surface area contributed by atoms with Crippen molar-refractivity contribution in [2.75, 3.05) is 18.0 Å². The van der Waals surface area contributed by atoms with E-state index in [0.29, 0.717) is 0 Å². The summed E-state index contributed by atoms with van der Waals surface area (Å²) in [5.41, 5.74) is 10.1. The molecule has 0 amide bonds. The molecule has 0 aromatic heterocycles.